The van der Waals surface area contributed by atoms with Crippen molar-refractivity contribution in [3.8, 4) is 6.07 Å². The number of hydrogen-bond donors (Lipinski definition) is 1. The molecule has 0 aromatic heterocycles. The number of nitrogens with two attached hydrogens (primary N) is 1. The summed E-state index contributed by atoms with van der Waals surface area (Å²) in [7, 11) is 0. The van der Waals surface area contributed by atoms with Gasteiger partial charge in [0.15, 0.2) is 0 Å². The third kappa shape index (κ3) is 2.48. The van der Waals surface area contributed by atoms with Gasteiger partial charge in [-0.1, -0.05) is 0 Å². The van der Waals surface area contributed by atoms with Crippen molar-refractivity contribution in [1.82, 2.24) is 0 Å². The van der Waals surface area contributed by atoms with Crippen molar-refractivity contribution < 1.29 is 18.0 Å². The minimum atomic E-state index is -4.46. The highest BCUT2D eigenvalue weighted by Crippen LogP contribution is 2.58. The number of carbonyl (C=O) groups excluding carboxylic acids is 1. The molecule has 3 aliphatic rings. The highest BCUT2D eigenvalue weighted by molar-refractivity contribution is 5.95. The Bertz CT molecular complexity index is 678. The Kier molecular flexibility index (Phi) is 3.44. The zero-order valence-electron chi connectivity index (χ0n) is 12.5. The second kappa shape index (κ2) is 4.98. The van der Waals surface area contributed by atoms with E-state index in [0.717, 1.165) is 12.1 Å². The van der Waals surface area contributed by atoms with Crippen molar-refractivity contribution in [2.24, 2.45) is 11.1 Å². The molecule has 4 rings (SSSR count). The molecule has 6 heteroatoms. The molecule has 3 fully saturated rings. The second-order valence-electron chi connectivity index (χ2n) is 6.79. The first-order valence-corrected chi connectivity index (χ1v) is 7.64. The number of benzene rings is 1. The molecule has 3 saturated carbocycles. The number of nitrogens with zero attached hydrogens (tertiary/aromatic N) is 1. The summed E-state index contributed by atoms with van der Waals surface area (Å²) < 4.78 is 39.2. The molecular weight excluding hydrogens is 305 g/mol. The van der Waals surface area contributed by atoms with Crippen molar-refractivity contribution in [2.75, 3.05) is 0 Å². The Balaban J connectivity index is 2.08. The zero-order valence-corrected chi connectivity index (χ0v) is 12.5. The lowest BCUT2D eigenvalue weighted by molar-refractivity contribution is -0.137. The van der Waals surface area contributed by atoms with E-state index in [9.17, 15) is 23.2 Å². The molecule has 2 bridgehead atoms. The number of primary amides is 1. The Hall–Kier alpha value is -2.03. The molecule has 3 nitrogen and oxygen atoms in total. The van der Waals surface area contributed by atoms with E-state index in [0.29, 0.717) is 44.1 Å². The number of rotatable bonds is 2. The average Bonchev–Trinajstić information content (AvgIpc) is 2.55. The van der Waals surface area contributed by atoms with Crippen LogP contribution >= 0.6 is 0 Å². The maximum absolute atomic E-state index is 13.1. The molecule has 0 spiro atoms. The van der Waals surface area contributed by atoms with Crippen LogP contribution in [0.25, 0.3) is 0 Å². The van der Waals surface area contributed by atoms with Crippen LogP contribution in [0, 0.1) is 16.7 Å². The van der Waals surface area contributed by atoms with Crippen LogP contribution in [0.4, 0.5) is 13.2 Å². The van der Waals surface area contributed by atoms with Gasteiger partial charge in [-0.15, -0.1) is 0 Å². The molecule has 0 atom stereocenters. The number of fused-ring (bicyclic) bond motifs is 3. The van der Waals surface area contributed by atoms with Crippen LogP contribution in [0.5, 0.6) is 0 Å². The molecule has 23 heavy (non-hydrogen) atoms. The minimum Gasteiger partial charge on any atom is -0.366 e. The standard InChI is InChI=1S/C17H17F3N2O/c18-17(19,20)11-1-2-12(14(22)23)13(9-11)16-6-3-15(10-21,4-7-16)5-8-16/h1-2,9H,3-8H2,(H2,22,23). The van der Waals surface area contributed by atoms with Crippen LogP contribution in [0.3, 0.4) is 0 Å². The molecular formula is C17H17F3N2O. The molecule has 0 unspecified atom stereocenters. The van der Waals surface area contributed by atoms with Crippen LogP contribution in [0.2, 0.25) is 0 Å². The topological polar surface area (TPSA) is 66.9 Å². The van der Waals surface area contributed by atoms with Gasteiger partial charge < -0.3 is 5.73 Å². The van der Waals surface area contributed by atoms with E-state index in [4.69, 9.17) is 5.73 Å². The SMILES string of the molecule is N#CC12CCC(c3cc(C(F)(F)F)ccc3C(N)=O)(CC1)CC2. The van der Waals surface area contributed by atoms with E-state index in [1.54, 1.807) is 0 Å². The van der Waals surface area contributed by atoms with E-state index in [1.807, 2.05) is 0 Å². The predicted octanol–water partition coefficient (Wildman–Crippen LogP) is 3.92. The van der Waals surface area contributed by atoms with Gasteiger partial charge in [-0.2, -0.15) is 18.4 Å². The minimum absolute atomic E-state index is 0.171. The van der Waals surface area contributed by atoms with Gasteiger partial charge in [0, 0.05) is 5.56 Å². The van der Waals surface area contributed by atoms with Gasteiger partial charge in [-0.3, -0.25) is 4.79 Å². The van der Waals surface area contributed by atoms with Crippen molar-refractivity contribution in [3.05, 3.63) is 34.9 Å². The number of nitriles is 1. The Morgan fingerprint density at radius 1 is 1.13 bits per heavy atom. The molecule has 1 aromatic rings. The maximum Gasteiger partial charge on any atom is 0.416 e. The van der Waals surface area contributed by atoms with Crippen molar-refractivity contribution in [2.45, 2.75) is 50.1 Å². The predicted molar refractivity (Wildman–Crippen MR) is 77.4 cm³/mol. The molecule has 3 aliphatic carbocycles. The smallest absolute Gasteiger partial charge is 0.366 e. The molecule has 2 N–H and O–H groups in total. The Labute approximate surface area is 132 Å². The van der Waals surface area contributed by atoms with E-state index < -0.39 is 23.1 Å². The van der Waals surface area contributed by atoms with Gasteiger partial charge in [0.05, 0.1) is 17.0 Å². The van der Waals surface area contributed by atoms with Gasteiger partial charge >= 0.3 is 6.18 Å². The molecule has 0 saturated heterocycles. The van der Waals surface area contributed by atoms with Crippen molar-refractivity contribution >= 4 is 5.91 Å². The van der Waals surface area contributed by atoms with E-state index in [2.05, 4.69) is 6.07 Å². The van der Waals surface area contributed by atoms with Crippen LogP contribution in [-0.4, -0.2) is 5.91 Å². The average molecular weight is 322 g/mol. The van der Waals surface area contributed by atoms with Crippen molar-refractivity contribution in [1.29, 1.82) is 5.26 Å². The lowest BCUT2D eigenvalue weighted by Gasteiger charge is -2.51. The second-order valence-corrected chi connectivity index (χ2v) is 6.79. The fourth-order valence-electron chi connectivity index (χ4n) is 4.13. The first kappa shape index (κ1) is 15.9. The van der Waals surface area contributed by atoms with Crippen LogP contribution in [0.1, 0.15) is 60.0 Å². The van der Waals surface area contributed by atoms with Crippen molar-refractivity contribution in [3.63, 3.8) is 0 Å². The van der Waals surface area contributed by atoms with Gasteiger partial charge in [0.2, 0.25) is 5.91 Å². The first-order chi connectivity index (χ1) is 10.7. The lowest BCUT2D eigenvalue weighted by Crippen LogP contribution is -2.44. The third-order valence-corrected chi connectivity index (χ3v) is 5.67. The third-order valence-electron chi connectivity index (χ3n) is 5.67. The van der Waals surface area contributed by atoms with E-state index in [-0.39, 0.29) is 11.0 Å². The molecule has 1 aromatic carbocycles. The van der Waals surface area contributed by atoms with E-state index >= 15 is 0 Å². The fraction of sp³-hybridized carbons (Fsp3) is 0.529. The summed E-state index contributed by atoms with van der Waals surface area (Å²) in [5.41, 5.74) is 4.41. The summed E-state index contributed by atoms with van der Waals surface area (Å²) in [5, 5.41) is 9.34. The molecule has 0 heterocycles. The molecule has 122 valence electrons. The fourth-order valence-corrected chi connectivity index (χ4v) is 4.13. The molecule has 0 aliphatic heterocycles. The monoisotopic (exact) mass is 322 g/mol. The molecule has 0 radical (unpaired) electrons. The highest BCUT2D eigenvalue weighted by Gasteiger charge is 2.51. The summed E-state index contributed by atoms with van der Waals surface area (Å²) in [5.74, 6) is -0.703. The number of carbonyl (C=O) groups is 1. The van der Waals surface area contributed by atoms with Gasteiger partial charge in [0.25, 0.3) is 0 Å². The van der Waals surface area contributed by atoms with Gasteiger partial charge in [-0.05, 0) is 67.7 Å². The van der Waals surface area contributed by atoms with E-state index in [1.165, 1.54) is 6.07 Å². The number of alkyl halides is 3. The summed E-state index contributed by atoms with van der Waals surface area (Å²) in [6.07, 6.45) is -0.582. The largest absolute Gasteiger partial charge is 0.416 e. The number of amides is 1. The number of hydrogen-bond acceptors (Lipinski definition) is 2. The van der Waals surface area contributed by atoms with Crippen LogP contribution in [0.15, 0.2) is 18.2 Å². The van der Waals surface area contributed by atoms with Gasteiger partial charge in [0.1, 0.15) is 0 Å². The quantitative estimate of drug-likeness (QED) is 0.896. The zero-order chi connectivity index (χ0) is 16.9. The molecule has 1 amide bonds. The highest BCUT2D eigenvalue weighted by atomic mass is 19.4. The number of halogens is 3. The normalized spacial score (nSPS) is 30.0. The Morgan fingerprint density at radius 3 is 2.13 bits per heavy atom. The lowest BCUT2D eigenvalue weighted by atomic mass is 9.52. The van der Waals surface area contributed by atoms with Gasteiger partial charge in [-0.25, -0.2) is 0 Å². The summed E-state index contributed by atoms with van der Waals surface area (Å²) in [4.78, 5) is 11.7. The Morgan fingerprint density at radius 2 is 1.70 bits per heavy atom. The van der Waals surface area contributed by atoms with Crippen LogP contribution < -0.4 is 5.73 Å². The van der Waals surface area contributed by atoms with Crippen LogP contribution in [-0.2, 0) is 11.6 Å². The first-order valence-electron chi connectivity index (χ1n) is 7.64. The maximum atomic E-state index is 13.1. The summed E-state index contributed by atoms with van der Waals surface area (Å²) in [6.45, 7) is 0. The summed E-state index contributed by atoms with van der Waals surface area (Å²) in [6, 6.07) is 5.56. The summed E-state index contributed by atoms with van der Waals surface area (Å²) >= 11 is 0.